The molecular formula is C22H26N4O4S. The Morgan fingerprint density at radius 1 is 0.935 bits per heavy atom. The standard InChI is InChI=1S/C22H26N4O4S/c1-24-10-12-25(13-11-24)18-15-20-16(14-21(18)31(28,29)26-8-4-5-9-26)22(27)23-17-6-2-3-7-19(17)30-20/h2-3,6-7,14-15H,4-5,8-13H2,1H3,(H,23,27). The van der Waals surface area contributed by atoms with Crippen LogP contribution in [0.5, 0.6) is 11.5 Å². The Morgan fingerprint density at radius 3 is 2.39 bits per heavy atom. The van der Waals surface area contributed by atoms with Crippen LogP contribution < -0.4 is 15.0 Å². The van der Waals surface area contributed by atoms with Crippen molar-refractivity contribution < 1.29 is 17.9 Å². The molecule has 2 saturated heterocycles. The van der Waals surface area contributed by atoms with Gasteiger partial charge in [0, 0.05) is 45.3 Å². The maximum Gasteiger partial charge on any atom is 0.259 e. The van der Waals surface area contributed by atoms with E-state index in [4.69, 9.17) is 4.74 Å². The van der Waals surface area contributed by atoms with Crippen molar-refractivity contribution in [3.63, 3.8) is 0 Å². The Hall–Kier alpha value is -2.62. The Morgan fingerprint density at radius 2 is 1.65 bits per heavy atom. The largest absolute Gasteiger partial charge is 0.454 e. The van der Waals surface area contributed by atoms with Gasteiger partial charge in [0.1, 0.15) is 10.6 Å². The molecule has 0 atom stereocenters. The summed E-state index contributed by atoms with van der Waals surface area (Å²) in [5.74, 6) is 0.536. The summed E-state index contributed by atoms with van der Waals surface area (Å²) < 4.78 is 34.8. The number of rotatable bonds is 3. The predicted octanol–water partition coefficient (Wildman–Crippen LogP) is 2.58. The number of carbonyl (C=O) groups is 1. The lowest BCUT2D eigenvalue weighted by atomic mass is 10.1. The minimum Gasteiger partial charge on any atom is -0.454 e. The van der Waals surface area contributed by atoms with Crippen molar-refractivity contribution in [2.24, 2.45) is 0 Å². The zero-order valence-electron chi connectivity index (χ0n) is 17.5. The minimum atomic E-state index is -3.73. The molecule has 3 aliphatic rings. The fraction of sp³-hybridized carbons (Fsp3) is 0.409. The lowest BCUT2D eigenvalue weighted by Gasteiger charge is -2.35. The number of piperazine rings is 1. The molecule has 164 valence electrons. The molecule has 0 radical (unpaired) electrons. The second-order valence-electron chi connectivity index (χ2n) is 8.27. The van der Waals surface area contributed by atoms with Crippen molar-refractivity contribution in [1.29, 1.82) is 0 Å². The fourth-order valence-corrected chi connectivity index (χ4v) is 6.08. The number of benzene rings is 2. The van der Waals surface area contributed by atoms with Crippen LogP contribution in [0.1, 0.15) is 23.2 Å². The van der Waals surface area contributed by atoms with E-state index in [0.717, 1.165) is 25.9 Å². The Labute approximate surface area is 182 Å². The predicted molar refractivity (Wildman–Crippen MR) is 119 cm³/mol. The van der Waals surface area contributed by atoms with Gasteiger partial charge in [0.15, 0.2) is 5.75 Å². The van der Waals surface area contributed by atoms with E-state index in [9.17, 15) is 13.2 Å². The van der Waals surface area contributed by atoms with Gasteiger partial charge in [0.25, 0.3) is 5.91 Å². The Kier molecular flexibility index (Phi) is 5.11. The van der Waals surface area contributed by atoms with E-state index in [1.165, 1.54) is 10.4 Å². The second kappa shape index (κ2) is 7.81. The molecule has 0 bridgehead atoms. The van der Waals surface area contributed by atoms with Crippen LogP contribution in [0.25, 0.3) is 0 Å². The van der Waals surface area contributed by atoms with E-state index in [-0.39, 0.29) is 16.4 Å². The first kappa shape index (κ1) is 20.3. The van der Waals surface area contributed by atoms with Gasteiger partial charge in [-0.25, -0.2) is 8.42 Å². The van der Waals surface area contributed by atoms with Crippen LogP contribution in [-0.4, -0.2) is 69.8 Å². The van der Waals surface area contributed by atoms with Crippen molar-refractivity contribution in [2.45, 2.75) is 17.7 Å². The summed E-state index contributed by atoms with van der Waals surface area (Å²) in [6.45, 7) is 4.11. The van der Waals surface area contributed by atoms with E-state index in [1.807, 2.05) is 12.1 Å². The molecule has 2 aromatic rings. The molecule has 0 spiro atoms. The highest BCUT2D eigenvalue weighted by atomic mass is 32.2. The second-order valence-corrected chi connectivity index (χ2v) is 10.2. The molecule has 31 heavy (non-hydrogen) atoms. The molecule has 0 aromatic heterocycles. The van der Waals surface area contributed by atoms with Gasteiger partial charge in [0.2, 0.25) is 10.0 Å². The molecule has 3 aliphatic heterocycles. The van der Waals surface area contributed by atoms with Gasteiger partial charge in [-0.1, -0.05) is 12.1 Å². The van der Waals surface area contributed by atoms with E-state index in [2.05, 4.69) is 22.2 Å². The lowest BCUT2D eigenvalue weighted by Crippen LogP contribution is -2.45. The van der Waals surface area contributed by atoms with Crippen molar-refractivity contribution in [1.82, 2.24) is 9.21 Å². The number of anilines is 2. The first-order valence-electron chi connectivity index (χ1n) is 10.6. The molecular weight excluding hydrogens is 416 g/mol. The van der Waals surface area contributed by atoms with Crippen molar-refractivity contribution >= 4 is 27.3 Å². The maximum atomic E-state index is 13.6. The van der Waals surface area contributed by atoms with Crippen molar-refractivity contribution in [2.75, 3.05) is 56.5 Å². The number of hydrogen-bond donors (Lipinski definition) is 1. The summed E-state index contributed by atoms with van der Waals surface area (Å²) in [5, 5.41) is 2.84. The van der Waals surface area contributed by atoms with Crippen LogP contribution in [0.2, 0.25) is 0 Å². The number of amides is 1. The summed E-state index contributed by atoms with van der Waals surface area (Å²) in [6.07, 6.45) is 1.71. The van der Waals surface area contributed by atoms with Crippen LogP contribution in [0.15, 0.2) is 41.3 Å². The van der Waals surface area contributed by atoms with Crippen LogP contribution in [0.4, 0.5) is 11.4 Å². The molecule has 1 N–H and O–H groups in total. The zero-order valence-corrected chi connectivity index (χ0v) is 18.3. The summed E-state index contributed by atoms with van der Waals surface area (Å²) in [4.78, 5) is 17.5. The zero-order chi connectivity index (χ0) is 21.6. The molecule has 1 amide bonds. The lowest BCUT2D eigenvalue weighted by molar-refractivity contribution is 0.102. The molecule has 2 fully saturated rings. The van der Waals surface area contributed by atoms with E-state index in [1.54, 1.807) is 18.2 Å². The maximum absolute atomic E-state index is 13.6. The first-order valence-corrected chi connectivity index (χ1v) is 12.1. The van der Waals surface area contributed by atoms with Crippen LogP contribution >= 0.6 is 0 Å². The number of ether oxygens (including phenoxy) is 1. The van der Waals surface area contributed by atoms with E-state index in [0.29, 0.717) is 49.1 Å². The monoisotopic (exact) mass is 442 g/mol. The summed E-state index contributed by atoms with van der Waals surface area (Å²) >= 11 is 0. The normalized spacial score (nSPS) is 19.9. The molecule has 2 aromatic carbocycles. The van der Waals surface area contributed by atoms with Crippen LogP contribution in [0, 0.1) is 0 Å². The number of hydrogen-bond acceptors (Lipinski definition) is 6. The van der Waals surface area contributed by atoms with Crippen molar-refractivity contribution in [3.05, 3.63) is 42.0 Å². The van der Waals surface area contributed by atoms with Gasteiger partial charge in [-0.05, 0) is 38.1 Å². The van der Waals surface area contributed by atoms with Gasteiger partial charge < -0.3 is 19.9 Å². The highest BCUT2D eigenvalue weighted by Crippen LogP contribution is 2.41. The van der Waals surface area contributed by atoms with Crippen LogP contribution in [-0.2, 0) is 10.0 Å². The summed E-state index contributed by atoms with van der Waals surface area (Å²) in [5.41, 5.74) is 1.39. The van der Waals surface area contributed by atoms with Gasteiger partial charge >= 0.3 is 0 Å². The molecule has 9 heteroatoms. The van der Waals surface area contributed by atoms with Gasteiger partial charge in [-0.3, -0.25) is 4.79 Å². The smallest absolute Gasteiger partial charge is 0.259 e. The minimum absolute atomic E-state index is 0.183. The number of nitrogens with one attached hydrogen (secondary N) is 1. The quantitative estimate of drug-likeness (QED) is 0.787. The average molecular weight is 443 g/mol. The molecule has 0 unspecified atom stereocenters. The highest BCUT2D eigenvalue weighted by molar-refractivity contribution is 7.89. The number of fused-ring (bicyclic) bond motifs is 2. The van der Waals surface area contributed by atoms with E-state index >= 15 is 0 Å². The molecule has 0 aliphatic carbocycles. The number of sulfonamides is 1. The third-order valence-corrected chi connectivity index (χ3v) is 8.12. The highest BCUT2D eigenvalue weighted by Gasteiger charge is 2.34. The van der Waals surface area contributed by atoms with Crippen LogP contribution in [0.3, 0.4) is 0 Å². The summed E-state index contributed by atoms with van der Waals surface area (Å²) in [6, 6.07) is 10.4. The SMILES string of the molecule is CN1CCN(c2cc3c(cc2S(=O)(=O)N2CCCC2)C(=O)Nc2ccccc2O3)CC1. The number of nitrogens with zero attached hydrogens (tertiary/aromatic N) is 3. The molecule has 8 nitrogen and oxygen atoms in total. The summed E-state index contributed by atoms with van der Waals surface area (Å²) in [7, 11) is -1.67. The topological polar surface area (TPSA) is 82.2 Å². The molecule has 3 heterocycles. The Balaban J connectivity index is 1.65. The third-order valence-electron chi connectivity index (χ3n) is 6.19. The van der Waals surface area contributed by atoms with Gasteiger partial charge in [0.05, 0.1) is 16.9 Å². The molecule has 0 saturated carbocycles. The third kappa shape index (κ3) is 3.66. The molecule has 5 rings (SSSR count). The number of carbonyl (C=O) groups excluding carboxylic acids is 1. The Bertz CT molecular complexity index is 1120. The number of para-hydroxylation sites is 2. The fourth-order valence-electron chi connectivity index (χ4n) is 4.35. The van der Waals surface area contributed by atoms with Gasteiger partial charge in [-0.2, -0.15) is 4.31 Å². The van der Waals surface area contributed by atoms with Crippen molar-refractivity contribution in [3.8, 4) is 11.5 Å². The average Bonchev–Trinajstić information content (AvgIpc) is 3.27. The van der Waals surface area contributed by atoms with E-state index < -0.39 is 10.0 Å². The first-order chi connectivity index (χ1) is 14.9. The van der Waals surface area contributed by atoms with Gasteiger partial charge in [-0.15, -0.1) is 0 Å². The number of likely N-dealkylation sites (N-methyl/N-ethyl adjacent to an activating group) is 1.